The molecule has 2 heterocycles. The Morgan fingerprint density at radius 3 is 2.48 bits per heavy atom. The number of allylic oxidation sites excluding steroid dienone is 3. The molecule has 0 radical (unpaired) electrons. The van der Waals surface area contributed by atoms with E-state index in [1.54, 1.807) is 11.3 Å². The van der Waals surface area contributed by atoms with Crippen molar-refractivity contribution >= 4 is 34.4 Å². The zero-order valence-electron chi connectivity index (χ0n) is 19.6. The molecule has 0 spiro atoms. The van der Waals surface area contributed by atoms with E-state index in [-0.39, 0.29) is 24.3 Å². The number of carbonyl (C=O) groups is 2. The maximum absolute atomic E-state index is 12.9. The molecule has 1 atom stereocenters. The van der Waals surface area contributed by atoms with Crippen LogP contribution in [0.2, 0.25) is 0 Å². The van der Waals surface area contributed by atoms with Crippen LogP contribution >= 0.6 is 11.3 Å². The van der Waals surface area contributed by atoms with Crippen molar-refractivity contribution in [3.63, 3.8) is 0 Å². The number of hydrogen-bond donors (Lipinski definition) is 1. The van der Waals surface area contributed by atoms with Crippen molar-refractivity contribution in [2.75, 3.05) is 20.6 Å². The SMILES string of the molecule is C/C=C(/c1scc(C(=O)NCC2C(=O)N=C(C)C=C2C)c1C)C1CCC(N(C)C)CC1. The van der Waals surface area contributed by atoms with Gasteiger partial charge in [0.2, 0.25) is 0 Å². The fourth-order valence-electron chi connectivity index (χ4n) is 4.83. The molecular weight excluding hydrogens is 406 g/mol. The van der Waals surface area contributed by atoms with Gasteiger partial charge in [0.05, 0.1) is 11.5 Å². The first-order valence-corrected chi connectivity index (χ1v) is 12.1. The first kappa shape index (κ1) is 23.6. The second-order valence-corrected chi connectivity index (χ2v) is 9.94. The molecule has 2 aliphatic rings. The molecule has 1 N–H and O–H groups in total. The maximum Gasteiger partial charge on any atom is 0.254 e. The van der Waals surface area contributed by atoms with Gasteiger partial charge in [0.1, 0.15) is 0 Å². The van der Waals surface area contributed by atoms with Crippen molar-refractivity contribution in [2.45, 2.75) is 59.4 Å². The summed E-state index contributed by atoms with van der Waals surface area (Å²) in [6.07, 6.45) is 8.97. The van der Waals surface area contributed by atoms with Crippen LogP contribution < -0.4 is 5.32 Å². The highest BCUT2D eigenvalue weighted by atomic mass is 32.1. The largest absolute Gasteiger partial charge is 0.351 e. The molecule has 6 heteroatoms. The van der Waals surface area contributed by atoms with Crippen LogP contribution in [0.25, 0.3) is 5.57 Å². The summed E-state index contributed by atoms with van der Waals surface area (Å²) in [5.41, 5.74) is 4.81. The van der Waals surface area contributed by atoms with E-state index in [0.29, 0.717) is 17.5 Å². The van der Waals surface area contributed by atoms with Gasteiger partial charge in [0.25, 0.3) is 11.8 Å². The summed E-state index contributed by atoms with van der Waals surface area (Å²) in [7, 11) is 4.34. The van der Waals surface area contributed by atoms with Crippen LogP contribution in [0.3, 0.4) is 0 Å². The van der Waals surface area contributed by atoms with Gasteiger partial charge in [0.15, 0.2) is 0 Å². The number of hydrogen-bond acceptors (Lipinski definition) is 4. The minimum absolute atomic E-state index is 0.112. The van der Waals surface area contributed by atoms with Crippen LogP contribution in [0.1, 0.15) is 67.3 Å². The third-order valence-electron chi connectivity index (χ3n) is 6.76. The summed E-state index contributed by atoms with van der Waals surface area (Å²) in [4.78, 5) is 32.7. The van der Waals surface area contributed by atoms with Crippen LogP contribution in [-0.4, -0.2) is 49.1 Å². The zero-order valence-corrected chi connectivity index (χ0v) is 20.4. The number of aliphatic imine (C=N–C) groups is 1. The third kappa shape index (κ3) is 5.24. The highest BCUT2D eigenvalue weighted by molar-refractivity contribution is 7.11. The molecule has 3 rings (SSSR count). The van der Waals surface area contributed by atoms with Crippen LogP contribution in [0.15, 0.2) is 28.1 Å². The van der Waals surface area contributed by atoms with E-state index in [0.717, 1.165) is 16.8 Å². The van der Waals surface area contributed by atoms with Gasteiger partial charge in [-0.25, -0.2) is 4.99 Å². The molecule has 1 aromatic heterocycles. The predicted molar refractivity (Wildman–Crippen MR) is 130 cm³/mol. The summed E-state index contributed by atoms with van der Waals surface area (Å²) >= 11 is 1.66. The van der Waals surface area contributed by atoms with Gasteiger partial charge in [-0.3, -0.25) is 9.59 Å². The molecule has 1 unspecified atom stereocenters. The molecule has 31 heavy (non-hydrogen) atoms. The fourth-order valence-corrected chi connectivity index (χ4v) is 6.05. The van der Waals surface area contributed by atoms with E-state index in [9.17, 15) is 9.59 Å². The molecule has 1 aliphatic carbocycles. The van der Waals surface area contributed by atoms with Gasteiger partial charge in [-0.2, -0.15) is 0 Å². The number of rotatable bonds is 6. The van der Waals surface area contributed by atoms with Crippen LogP contribution in [-0.2, 0) is 4.79 Å². The van der Waals surface area contributed by atoms with Gasteiger partial charge < -0.3 is 10.2 Å². The molecule has 1 saturated carbocycles. The number of amides is 2. The van der Waals surface area contributed by atoms with E-state index < -0.39 is 0 Å². The van der Waals surface area contributed by atoms with Gasteiger partial charge in [-0.15, -0.1) is 11.3 Å². The lowest BCUT2D eigenvalue weighted by atomic mass is 9.80. The van der Waals surface area contributed by atoms with E-state index in [1.807, 2.05) is 32.2 Å². The van der Waals surface area contributed by atoms with E-state index in [4.69, 9.17) is 0 Å². The number of carbonyl (C=O) groups excluding carboxylic acids is 2. The average molecular weight is 442 g/mol. The van der Waals surface area contributed by atoms with E-state index >= 15 is 0 Å². The molecule has 1 aromatic rings. The molecule has 168 valence electrons. The van der Waals surface area contributed by atoms with Crippen molar-refractivity contribution in [3.05, 3.63) is 39.1 Å². The van der Waals surface area contributed by atoms with E-state index in [1.165, 1.54) is 36.1 Å². The first-order chi connectivity index (χ1) is 14.7. The maximum atomic E-state index is 12.9. The standard InChI is InChI=1S/C25H35N3O2S/c1-7-20(18-8-10-19(11-9-18)28(5)6)23-17(4)22(14-31-23)24(29)26-13-21-15(2)12-16(3)27-25(21)30/h7,12,14,18-19,21H,8-11,13H2,1-6H3,(H,26,29)/b20-7+. The van der Waals surface area contributed by atoms with Gasteiger partial charge in [-0.1, -0.05) is 11.6 Å². The summed E-state index contributed by atoms with van der Waals surface area (Å²) in [6, 6.07) is 0.674. The number of dihydropyridines is 1. The lowest BCUT2D eigenvalue weighted by Crippen LogP contribution is -2.34. The lowest BCUT2D eigenvalue weighted by Gasteiger charge is -2.33. The molecule has 0 aromatic carbocycles. The normalized spacial score (nSPS) is 24.8. The van der Waals surface area contributed by atoms with Crippen LogP contribution in [0, 0.1) is 18.8 Å². The molecule has 1 aliphatic heterocycles. The Kier molecular flexibility index (Phi) is 7.65. The minimum Gasteiger partial charge on any atom is -0.351 e. The highest BCUT2D eigenvalue weighted by Crippen LogP contribution is 2.40. The quantitative estimate of drug-likeness (QED) is 0.685. The van der Waals surface area contributed by atoms with E-state index in [2.05, 4.69) is 42.3 Å². The van der Waals surface area contributed by atoms with Crippen molar-refractivity contribution in [3.8, 4) is 0 Å². The number of nitrogens with zero attached hydrogens (tertiary/aromatic N) is 2. The van der Waals surface area contributed by atoms with Crippen molar-refractivity contribution in [1.29, 1.82) is 0 Å². The zero-order chi connectivity index (χ0) is 22.7. The van der Waals surface area contributed by atoms with Crippen molar-refractivity contribution in [1.82, 2.24) is 10.2 Å². The highest BCUT2D eigenvalue weighted by Gasteiger charge is 2.28. The van der Waals surface area contributed by atoms with Crippen molar-refractivity contribution in [2.24, 2.45) is 16.8 Å². The Balaban J connectivity index is 1.67. The summed E-state index contributed by atoms with van der Waals surface area (Å²) < 4.78 is 0. The Morgan fingerprint density at radius 2 is 1.90 bits per heavy atom. The molecule has 0 bridgehead atoms. The van der Waals surface area contributed by atoms with Crippen molar-refractivity contribution < 1.29 is 9.59 Å². The van der Waals surface area contributed by atoms with Crippen LogP contribution in [0.5, 0.6) is 0 Å². The summed E-state index contributed by atoms with van der Waals surface area (Å²) in [5, 5.41) is 4.93. The average Bonchev–Trinajstić information content (AvgIpc) is 3.09. The second kappa shape index (κ2) is 10.0. The third-order valence-corrected chi connectivity index (χ3v) is 7.89. The Morgan fingerprint density at radius 1 is 1.23 bits per heavy atom. The lowest BCUT2D eigenvalue weighted by molar-refractivity contribution is -0.120. The molecule has 1 fully saturated rings. The monoisotopic (exact) mass is 441 g/mol. The number of nitrogens with one attached hydrogen (secondary N) is 1. The van der Waals surface area contributed by atoms with Crippen LogP contribution in [0.4, 0.5) is 0 Å². The molecule has 2 amide bonds. The van der Waals surface area contributed by atoms with Gasteiger partial charge >= 0.3 is 0 Å². The molecule has 5 nitrogen and oxygen atoms in total. The molecule has 0 saturated heterocycles. The Hall–Kier alpha value is -2.05. The predicted octanol–water partition coefficient (Wildman–Crippen LogP) is 4.87. The topological polar surface area (TPSA) is 61.8 Å². The molecular formula is C25H35N3O2S. The van der Waals surface area contributed by atoms with Gasteiger partial charge in [0, 0.05) is 28.6 Å². The summed E-state index contributed by atoms with van der Waals surface area (Å²) in [5.74, 6) is -0.101. The fraction of sp³-hybridized carbons (Fsp3) is 0.560. The smallest absolute Gasteiger partial charge is 0.254 e. The number of thiophene rings is 1. The second-order valence-electron chi connectivity index (χ2n) is 9.06. The summed E-state index contributed by atoms with van der Waals surface area (Å²) in [6.45, 7) is 8.17. The van der Waals surface area contributed by atoms with Gasteiger partial charge in [-0.05, 0) is 90.6 Å². The first-order valence-electron chi connectivity index (χ1n) is 11.2. The Labute approximate surface area is 190 Å². The minimum atomic E-state index is -0.371. The Bertz CT molecular complexity index is 931.